The van der Waals surface area contributed by atoms with Gasteiger partial charge in [0.15, 0.2) is 0 Å². The van der Waals surface area contributed by atoms with Crippen LogP contribution in [-0.4, -0.2) is 15.9 Å². The predicted molar refractivity (Wildman–Crippen MR) is 100 cm³/mol. The van der Waals surface area contributed by atoms with E-state index in [4.69, 9.17) is 0 Å². The number of amides is 1. The van der Waals surface area contributed by atoms with Crippen LogP contribution in [0.25, 0.3) is 11.3 Å². The van der Waals surface area contributed by atoms with Crippen molar-refractivity contribution in [2.24, 2.45) is 0 Å². The Balaban J connectivity index is 1.77. The molecule has 25 heavy (non-hydrogen) atoms. The Morgan fingerprint density at radius 2 is 1.88 bits per heavy atom. The number of carbonyl (C=O) groups excluding carboxylic acids is 1. The fourth-order valence-electron chi connectivity index (χ4n) is 2.77. The largest absolute Gasteiger partial charge is 0.342 e. The van der Waals surface area contributed by atoms with Gasteiger partial charge >= 0.3 is 0 Å². The fourth-order valence-corrected chi connectivity index (χ4v) is 2.77. The molecule has 1 atom stereocenters. The van der Waals surface area contributed by atoms with Crippen LogP contribution >= 0.6 is 0 Å². The third-order valence-corrected chi connectivity index (χ3v) is 4.49. The second-order valence-corrected chi connectivity index (χ2v) is 6.28. The number of aromatic nitrogens is 2. The molecule has 0 aliphatic carbocycles. The Labute approximate surface area is 148 Å². The highest BCUT2D eigenvalue weighted by molar-refractivity contribution is 5.94. The minimum atomic E-state index is -0.147. The van der Waals surface area contributed by atoms with Crippen LogP contribution in [0.5, 0.6) is 0 Å². The molecule has 0 bridgehead atoms. The van der Waals surface area contributed by atoms with Gasteiger partial charge in [0.1, 0.15) is 5.82 Å². The van der Waals surface area contributed by atoms with E-state index in [9.17, 15) is 4.79 Å². The molecule has 1 aromatic heterocycles. The van der Waals surface area contributed by atoms with Gasteiger partial charge in [0.2, 0.25) is 0 Å². The minimum absolute atomic E-state index is 0.0763. The van der Waals surface area contributed by atoms with E-state index in [2.05, 4.69) is 15.3 Å². The lowest BCUT2D eigenvalue weighted by atomic mass is 10.1. The van der Waals surface area contributed by atoms with Crippen LogP contribution in [0.3, 0.4) is 0 Å². The SMILES string of the molecule is CCC(NC(=O)c1ccc(C)c(C)c1)c1ncc(-c2ccccc2)[nH]1. The van der Waals surface area contributed by atoms with E-state index in [0.29, 0.717) is 5.56 Å². The van der Waals surface area contributed by atoms with Gasteiger partial charge in [0, 0.05) is 5.56 Å². The third-order valence-electron chi connectivity index (χ3n) is 4.49. The first-order chi connectivity index (χ1) is 12.1. The van der Waals surface area contributed by atoms with Crippen molar-refractivity contribution in [2.45, 2.75) is 33.2 Å². The second kappa shape index (κ2) is 7.34. The van der Waals surface area contributed by atoms with E-state index in [1.165, 1.54) is 5.56 Å². The number of imidazole rings is 1. The standard InChI is InChI=1S/C21H23N3O/c1-4-18(24-21(25)17-11-10-14(2)15(3)12-17)20-22-13-19(23-20)16-8-6-5-7-9-16/h5-13,18H,4H2,1-3H3,(H,22,23)(H,24,25). The van der Waals surface area contributed by atoms with Crippen molar-refractivity contribution in [3.8, 4) is 11.3 Å². The topological polar surface area (TPSA) is 57.8 Å². The summed E-state index contributed by atoms with van der Waals surface area (Å²) < 4.78 is 0. The lowest BCUT2D eigenvalue weighted by molar-refractivity contribution is 0.0934. The smallest absolute Gasteiger partial charge is 0.251 e. The Morgan fingerprint density at radius 1 is 1.12 bits per heavy atom. The van der Waals surface area contributed by atoms with Gasteiger partial charge in [-0.25, -0.2) is 4.98 Å². The molecule has 0 saturated carbocycles. The van der Waals surface area contributed by atoms with E-state index in [0.717, 1.165) is 29.1 Å². The molecule has 0 fully saturated rings. The second-order valence-electron chi connectivity index (χ2n) is 6.28. The molecule has 3 rings (SSSR count). The fraction of sp³-hybridized carbons (Fsp3) is 0.238. The van der Waals surface area contributed by atoms with Gasteiger partial charge in [-0.1, -0.05) is 43.3 Å². The summed E-state index contributed by atoms with van der Waals surface area (Å²) in [6, 6.07) is 15.7. The molecule has 2 aromatic carbocycles. The van der Waals surface area contributed by atoms with Gasteiger partial charge in [0.25, 0.3) is 5.91 Å². The van der Waals surface area contributed by atoms with Crippen LogP contribution in [0.2, 0.25) is 0 Å². The monoisotopic (exact) mass is 333 g/mol. The molecule has 4 heteroatoms. The van der Waals surface area contributed by atoms with Crippen LogP contribution in [0.4, 0.5) is 0 Å². The maximum absolute atomic E-state index is 12.6. The van der Waals surface area contributed by atoms with Crippen molar-refractivity contribution in [1.29, 1.82) is 0 Å². The van der Waals surface area contributed by atoms with Crippen molar-refractivity contribution in [3.05, 3.63) is 77.2 Å². The molecule has 1 unspecified atom stereocenters. The number of benzene rings is 2. The summed E-state index contributed by atoms with van der Waals surface area (Å²) in [4.78, 5) is 20.4. The quantitative estimate of drug-likeness (QED) is 0.718. The molecule has 2 N–H and O–H groups in total. The normalized spacial score (nSPS) is 12.0. The number of nitrogens with zero attached hydrogens (tertiary/aromatic N) is 1. The van der Waals surface area contributed by atoms with Gasteiger partial charge in [-0.2, -0.15) is 0 Å². The molecular weight excluding hydrogens is 310 g/mol. The average molecular weight is 333 g/mol. The number of nitrogens with one attached hydrogen (secondary N) is 2. The Morgan fingerprint density at radius 3 is 2.56 bits per heavy atom. The first kappa shape index (κ1) is 17.0. The van der Waals surface area contributed by atoms with Crippen LogP contribution in [0, 0.1) is 13.8 Å². The highest BCUT2D eigenvalue weighted by atomic mass is 16.1. The molecule has 0 aliphatic rings. The molecule has 0 saturated heterocycles. The number of hydrogen-bond acceptors (Lipinski definition) is 2. The molecular formula is C21H23N3O. The van der Waals surface area contributed by atoms with Gasteiger partial charge < -0.3 is 10.3 Å². The first-order valence-corrected chi connectivity index (χ1v) is 8.57. The number of hydrogen-bond donors (Lipinski definition) is 2. The zero-order chi connectivity index (χ0) is 17.8. The lowest BCUT2D eigenvalue weighted by Crippen LogP contribution is -2.29. The van der Waals surface area contributed by atoms with Crippen molar-refractivity contribution in [1.82, 2.24) is 15.3 Å². The highest BCUT2D eigenvalue weighted by Gasteiger charge is 2.17. The Hall–Kier alpha value is -2.88. The molecule has 3 aromatic rings. The van der Waals surface area contributed by atoms with Gasteiger partial charge in [-0.3, -0.25) is 4.79 Å². The van der Waals surface area contributed by atoms with E-state index >= 15 is 0 Å². The molecule has 0 spiro atoms. The van der Waals surface area contributed by atoms with E-state index in [-0.39, 0.29) is 11.9 Å². The maximum Gasteiger partial charge on any atom is 0.251 e. The lowest BCUT2D eigenvalue weighted by Gasteiger charge is -2.15. The third kappa shape index (κ3) is 3.79. The summed E-state index contributed by atoms with van der Waals surface area (Å²) in [5, 5.41) is 3.08. The number of aromatic amines is 1. The van der Waals surface area contributed by atoms with Crippen molar-refractivity contribution in [2.75, 3.05) is 0 Å². The van der Waals surface area contributed by atoms with Gasteiger partial charge in [0.05, 0.1) is 17.9 Å². The number of aryl methyl sites for hydroxylation is 2. The van der Waals surface area contributed by atoms with E-state index in [1.807, 2.05) is 75.5 Å². The molecule has 1 heterocycles. The summed E-state index contributed by atoms with van der Waals surface area (Å²) in [6.45, 7) is 6.10. The summed E-state index contributed by atoms with van der Waals surface area (Å²) >= 11 is 0. The Bertz CT molecular complexity index is 868. The average Bonchev–Trinajstić information content (AvgIpc) is 3.12. The van der Waals surface area contributed by atoms with Crippen molar-refractivity contribution >= 4 is 5.91 Å². The van der Waals surface area contributed by atoms with Gasteiger partial charge in [-0.15, -0.1) is 0 Å². The zero-order valence-electron chi connectivity index (χ0n) is 14.8. The number of rotatable bonds is 5. The summed E-state index contributed by atoms with van der Waals surface area (Å²) in [7, 11) is 0. The molecule has 128 valence electrons. The van der Waals surface area contributed by atoms with Crippen LogP contribution in [-0.2, 0) is 0 Å². The zero-order valence-corrected chi connectivity index (χ0v) is 14.8. The minimum Gasteiger partial charge on any atom is -0.342 e. The Kier molecular flexibility index (Phi) is 4.98. The summed E-state index contributed by atoms with van der Waals surface area (Å²) in [5.41, 5.74) is 5.01. The highest BCUT2D eigenvalue weighted by Crippen LogP contribution is 2.21. The van der Waals surface area contributed by atoms with Crippen molar-refractivity contribution in [3.63, 3.8) is 0 Å². The number of H-pyrrole nitrogens is 1. The summed E-state index contributed by atoms with van der Waals surface area (Å²) in [6.07, 6.45) is 2.58. The van der Waals surface area contributed by atoms with Crippen molar-refractivity contribution < 1.29 is 4.79 Å². The molecule has 1 amide bonds. The first-order valence-electron chi connectivity index (χ1n) is 8.57. The summed E-state index contributed by atoms with van der Waals surface area (Å²) in [5.74, 6) is 0.700. The predicted octanol–water partition coefficient (Wildman–Crippen LogP) is 4.57. The van der Waals surface area contributed by atoms with Crippen LogP contribution < -0.4 is 5.32 Å². The van der Waals surface area contributed by atoms with Crippen LogP contribution in [0.1, 0.15) is 46.7 Å². The van der Waals surface area contributed by atoms with E-state index < -0.39 is 0 Å². The van der Waals surface area contributed by atoms with Gasteiger partial charge in [-0.05, 0) is 49.1 Å². The molecule has 0 aliphatic heterocycles. The number of carbonyl (C=O) groups is 1. The van der Waals surface area contributed by atoms with E-state index in [1.54, 1.807) is 0 Å². The molecule has 4 nitrogen and oxygen atoms in total. The molecule has 0 radical (unpaired) electrons. The maximum atomic E-state index is 12.6. The van der Waals surface area contributed by atoms with Crippen LogP contribution in [0.15, 0.2) is 54.7 Å².